The summed E-state index contributed by atoms with van der Waals surface area (Å²) in [7, 11) is 0. The van der Waals surface area contributed by atoms with Gasteiger partial charge in [-0.2, -0.15) is 10.2 Å². The van der Waals surface area contributed by atoms with Gasteiger partial charge in [-0.3, -0.25) is 14.3 Å². The zero-order valence-electron chi connectivity index (χ0n) is 22.1. The first kappa shape index (κ1) is 18.2. The maximum Gasteiger partial charge on any atom is 0.252 e. The summed E-state index contributed by atoms with van der Waals surface area (Å²) in [5.74, 6) is -0.0835. The van der Waals surface area contributed by atoms with Gasteiger partial charge in [0, 0.05) is 59.7 Å². The molecule has 1 saturated heterocycles. The van der Waals surface area contributed by atoms with Crippen LogP contribution in [0.2, 0.25) is 0 Å². The van der Waals surface area contributed by atoms with E-state index in [0.29, 0.717) is 41.1 Å². The van der Waals surface area contributed by atoms with Crippen LogP contribution in [0.15, 0.2) is 49.1 Å². The number of nitrogens with zero attached hydrogens (tertiary/aromatic N) is 7. The summed E-state index contributed by atoms with van der Waals surface area (Å²) in [4.78, 5) is 32.8. The van der Waals surface area contributed by atoms with Gasteiger partial charge in [0.25, 0.3) is 5.91 Å². The highest BCUT2D eigenvalue weighted by atomic mass is 16.2. The van der Waals surface area contributed by atoms with Crippen molar-refractivity contribution in [3.8, 4) is 22.4 Å². The number of aromatic nitrogens is 5. The van der Waals surface area contributed by atoms with E-state index in [9.17, 15) is 9.59 Å². The monoisotopic (exact) mass is 461 g/mol. The zero-order valence-corrected chi connectivity index (χ0v) is 19.1. The Labute approximate surface area is 200 Å². The zero-order chi connectivity index (χ0) is 26.7. The minimum Gasteiger partial charge on any atom is -0.382 e. The van der Waals surface area contributed by atoms with E-state index in [2.05, 4.69) is 15.2 Å². The SMILES string of the molecule is [2H]C([2H])([2H])n1cc(-c2cc(-c3cccc(N4CCN(C(C)=O)C(C)(C)C4=O)c3)n3ncnc(N)c23)cn1. The number of hydrogen-bond donors (Lipinski definition) is 1. The number of benzene rings is 1. The number of hydrogen-bond acceptors (Lipinski definition) is 6. The highest BCUT2D eigenvalue weighted by Gasteiger charge is 2.43. The number of carbonyl (C=O) groups is 2. The third-order valence-electron chi connectivity index (χ3n) is 6.30. The van der Waals surface area contributed by atoms with Gasteiger partial charge in [-0.1, -0.05) is 12.1 Å². The van der Waals surface area contributed by atoms with Crippen molar-refractivity contribution in [3.63, 3.8) is 0 Å². The number of carbonyl (C=O) groups excluding carboxylic acids is 2. The Morgan fingerprint density at radius 2 is 2.00 bits per heavy atom. The fourth-order valence-corrected chi connectivity index (χ4v) is 4.61. The van der Waals surface area contributed by atoms with Gasteiger partial charge >= 0.3 is 0 Å². The molecule has 0 saturated carbocycles. The number of nitrogens with two attached hydrogens (primary N) is 1. The average Bonchev–Trinajstić information content (AvgIpc) is 3.46. The fourth-order valence-electron chi connectivity index (χ4n) is 4.61. The molecular weight excluding hydrogens is 432 g/mol. The second kappa shape index (κ2) is 7.68. The lowest BCUT2D eigenvalue weighted by Gasteiger charge is -2.45. The number of nitrogen functional groups attached to an aromatic ring is 1. The van der Waals surface area contributed by atoms with Gasteiger partial charge in [0.05, 0.1) is 11.9 Å². The van der Waals surface area contributed by atoms with Gasteiger partial charge in [-0.25, -0.2) is 9.50 Å². The Morgan fingerprint density at radius 1 is 1.18 bits per heavy atom. The number of amides is 2. The molecular formula is C24H26N8O2. The van der Waals surface area contributed by atoms with Crippen molar-refractivity contribution in [1.29, 1.82) is 0 Å². The molecule has 1 fully saturated rings. The lowest BCUT2D eigenvalue weighted by molar-refractivity contribution is -0.145. The van der Waals surface area contributed by atoms with E-state index in [1.54, 1.807) is 28.2 Å². The molecule has 10 heteroatoms. The summed E-state index contributed by atoms with van der Waals surface area (Å²) >= 11 is 0. The van der Waals surface area contributed by atoms with Crippen LogP contribution >= 0.6 is 0 Å². The quantitative estimate of drug-likeness (QED) is 0.501. The molecule has 2 amide bonds. The molecule has 0 unspecified atom stereocenters. The van der Waals surface area contributed by atoms with Gasteiger partial charge in [0.1, 0.15) is 17.4 Å². The molecule has 2 N–H and O–H groups in total. The topological polar surface area (TPSA) is 115 Å². The molecule has 1 aromatic carbocycles. The van der Waals surface area contributed by atoms with Crippen LogP contribution in [0.4, 0.5) is 11.5 Å². The Bertz CT molecular complexity index is 1540. The maximum atomic E-state index is 13.4. The first-order valence-corrected chi connectivity index (χ1v) is 10.8. The van der Waals surface area contributed by atoms with Crippen LogP contribution in [0.5, 0.6) is 0 Å². The first-order valence-electron chi connectivity index (χ1n) is 12.3. The number of fused-ring (bicyclic) bond motifs is 1. The molecule has 0 aliphatic carbocycles. The third kappa shape index (κ3) is 3.30. The largest absolute Gasteiger partial charge is 0.382 e. The van der Waals surface area contributed by atoms with Gasteiger partial charge in [-0.15, -0.1) is 0 Å². The number of aryl methyl sites for hydroxylation is 1. The smallest absolute Gasteiger partial charge is 0.252 e. The normalized spacial score (nSPS) is 17.5. The highest BCUT2D eigenvalue weighted by Crippen LogP contribution is 2.36. The summed E-state index contributed by atoms with van der Waals surface area (Å²) in [6.45, 7) is 3.34. The molecule has 34 heavy (non-hydrogen) atoms. The standard InChI is InChI=1S/C24H26N8O2/c1-15(33)31-9-8-30(23(34)24(31,2)3)18-7-5-6-16(10-18)20-11-19(17-12-27-29(4)13-17)21-22(25)26-14-28-32(20)21/h5-7,10-14H,8-9H2,1-4H3,(H2,25,26,28)/i4D3. The minimum atomic E-state index is -2.42. The van der Waals surface area contributed by atoms with Gasteiger partial charge in [0.15, 0.2) is 5.82 Å². The van der Waals surface area contributed by atoms with Crippen LogP contribution in [-0.2, 0) is 16.6 Å². The summed E-state index contributed by atoms with van der Waals surface area (Å²) in [6, 6.07) is 9.31. The van der Waals surface area contributed by atoms with E-state index in [0.717, 1.165) is 10.2 Å². The Hall–Kier alpha value is -4.21. The molecule has 174 valence electrons. The van der Waals surface area contributed by atoms with Crippen molar-refractivity contribution in [2.45, 2.75) is 26.3 Å². The van der Waals surface area contributed by atoms with E-state index >= 15 is 0 Å². The molecule has 3 aromatic heterocycles. The van der Waals surface area contributed by atoms with Crippen molar-refractivity contribution >= 4 is 28.8 Å². The summed E-state index contributed by atoms with van der Waals surface area (Å²) in [6.07, 6.45) is 4.24. The van der Waals surface area contributed by atoms with Gasteiger partial charge in [-0.05, 0) is 32.0 Å². The predicted molar refractivity (Wildman–Crippen MR) is 129 cm³/mol. The minimum absolute atomic E-state index is 0.141. The van der Waals surface area contributed by atoms with Crippen molar-refractivity contribution < 1.29 is 13.7 Å². The van der Waals surface area contributed by atoms with Crippen molar-refractivity contribution in [3.05, 3.63) is 49.1 Å². The molecule has 4 aromatic rings. The Morgan fingerprint density at radius 3 is 2.74 bits per heavy atom. The maximum absolute atomic E-state index is 13.4. The van der Waals surface area contributed by atoms with Crippen LogP contribution in [0.1, 0.15) is 24.9 Å². The average molecular weight is 462 g/mol. The summed E-state index contributed by atoms with van der Waals surface area (Å²) in [5.41, 5.74) is 9.06. The number of rotatable bonds is 3. The van der Waals surface area contributed by atoms with E-state index < -0.39 is 12.5 Å². The first-order chi connectivity index (χ1) is 17.4. The van der Waals surface area contributed by atoms with Crippen molar-refractivity contribution in [2.24, 2.45) is 6.98 Å². The Balaban J connectivity index is 1.59. The molecule has 1 aliphatic heterocycles. The molecule has 0 atom stereocenters. The highest BCUT2D eigenvalue weighted by molar-refractivity contribution is 6.03. The van der Waals surface area contributed by atoms with Crippen LogP contribution < -0.4 is 10.6 Å². The van der Waals surface area contributed by atoms with Crippen LogP contribution in [0, 0.1) is 0 Å². The predicted octanol–water partition coefficient (Wildman–Crippen LogP) is 2.35. The van der Waals surface area contributed by atoms with E-state index in [4.69, 9.17) is 9.85 Å². The van der Waals surface area contributed by atoms with Gasteiger partial charge in [0.2, 0.25) is 5.91 Å². The van der Waals surface area contributed by atoms with Crippen molar-refractivity contribution in [1.82, 2.24) is 29.3 Å². The molecule has 0 spiro atoms. The molecule has 0 bridgehead atoms. The summed E-state index contributed by atoms with van der Waals surface area (Å²) in [5, 5.41) is 8.38. The number of anilines is 2. The van der Waals surface area contributed by atoms with E-state index in [-0.39, 0.29) is 17.6 Å². The lowest BCUT2D eigenvalue weighted by Crippen LogP contribution is -2.64. The number of piperazine rings is 1. The molecule has 10 nitrogen and oxygen atoms in total. The second-order valence-electron chi connectivity index (χ2n) is 8.76. The molecule has 4 heterocycles. The second-order valence-corrected chi connectivity index (χ2v) is 8.76. The Kier molecular flexibility index (Phi) is 4.12. The van der Waals surface area contributed by atoms with Crippen LogP contribution in [0.3, 0.4) is 0 Å². The molecule has 0 radical (unpaired) electrons. The fraction of sp³-hybridized carbons (Fsp3) is 0.292. The van der Waals surface area contributed by atoms with Crippen LogP contribution in [-0.4, -0.2) is 59.7 Å². The molecule has 5 rings (SSSR count). The summed E-state index contributed by atoms with van der Waals surface area (Å²) < 4.78 is 25.4. The lowest BCUT2D eigenvalue weighted by atomic mass is 9.96. The van der Waals surface area contributed by atoms with Crippen molar-refractivity contribution in [2.75, 3.05) is 23.7 Å². The van der Waals surface area contributed by atoms with E-state index in [1.807, 2.05) is 30.3 Å². The molecule has 1 aliphatic rings. The van der Waals surface area contributed by atoms with Gasteiger partial charge < -0.3 is 15.5 Å². The third-order valence-corrected chi connectivity index (χ3v) is 6.30. The van der Waals surface area contributed by atoms with Crippen LogP contribution in [0.25, 0.3) is 27.9 Å². The van der Waals surface area contributed by atoms with E-state index in [1.165, 1.54) is 25.6 Å².